The van der Waals surface area contributed by atoms with Crippen LogP contribution in [0.5, 0.6) is 0 Å². The third-order valence-electron chi connectivity index (χ3n) is 2.65. The van der Waals surface area contributed by atoms with E-state index in [1.165, 1.54) is 24.3 Å². The van der Waals surface area contributed by atoms with E-state index in [1.54, 1.807) is 6.92 Å². The van der Waals surface area contributed by atoms with Gasteiger partial charge in [-0.2, -0.15) is 0 Å². The van der Waals surface area contributed by atoms with E-state index in [4.69, 9.17) is 10.2 Å². The van der Waals surface area contributed by atoms with E-state index < -0.39 is 44.2 Å². The summed E-state index contributed by atoms with van der Waals surface area (Å²) < 4.78 is 47.8. The zero-order valence-corrected chi connectivity index (χ0v) is 12.8. The predicted octanol–water partition coefficient (Wildman–Crippen LogP) is -0.211. The van der Waals surface area contributed by atoms with Crippen LogP contribution in [-0.4, -0.2) is 33.7 Å². The molecule has 0 saturated heterocycles. The largest absolute Gasteiger partial charge is 0.481 e. The zero-order valence-electron chi connectivity index (χ0n) is 11.2. The minimum Gasteiger partial charge on any atom is -0.481 e. The Morgan fingerprint density at radius 1 is 1.24 bits per heavy atom. The van der Waals surface area contributed by atoms with E-state index in [9.17, 15) is 21.6 Å². The standard InChI is InChI=1S/C11H16N2O6S2/c1-8(13-20(16,17)7-6-11(14)15)9-2-4-10(5-3-9)21(12,18)19/h2-5,8,13H,6-7H2,1H3,(H,14,15)(H2,12,18,19). The van der Waals surface area contributed by atoms with Gasteiger partial charge in [-0.1, -0.05) is 12.1 Å². The highest BCUT2D eigenvalue weighted by molar-refractivity contribution is 7.89. The Morgan fingerprint density at radius 2 is 1.76 bits per heavy atom. The lowest BCUT2D eigenvalue weighted by atomic mass is 10.1. The Morgan fingerprint density at radius 3 is 2.19 bits per heavy atom. The van der Waals surface area contributed by atoms with Gasteiger partial charge >= 0.3 is 5.97 Å². The molecule has 0 radical (unpaired) electrons. The highest BCUT2D eigenvalue weighted by Crippen LogP contribution is 2.16. The summed E-state index contributed by atoms with van der Waals surface area (Å²) in [4.78, 5) is 10.3. The lowest BCUT2D eigenvalue weighted by Gasteiger charge is -2.14. The Balaban J connectivity index is 2.80. The van der Waals surface area contributed by atoms with Gasteiger partial charge < -0.3 is 5.11 Å². The second-order valence-corrected chi connectivity index (χ2v) is 7.85. The summed E-state index contributed by atoms with van der Waals surface area (Å²) in [6.07, 6.45) is -0.494. The van der Waals surface area contributed by atoms with E-state index >= 15 is 0 Å². The topological polar surface area (TPSA) is 144 Å². The van der Waals surface area contributed by atoms with Crippen molar-refractivity contribution < 1.29 is 26.7 Å². The van der Waals surface area contributed by atoms with Gasteiger partial charge in [-0.05, 0) is 24.6 Å². The average Bonchev–Trinajstić information content (AvgIpc) is 2.35. The normalized spacial score (nSPS) is 13.8. The number of hydrogen-bond donors (Lipinski definition) is 3. The van der Waals surface area contributed by atoms with E-state index in [-0.39, 0.29) is 4.90 Å². The number of sulfonamides is 2. The molecule has 0 aliphatic rings. The first-order valence-corrected chi connectivity index (χ1v) is 9.06. The number of benzene rings is 1. The number of carboxylic acid groups (broad SMARTS) is 1. The van der Waals surface area contributed by atoms with Gasteiger partial charge in [-0.25, -0.2) is 26.7 Å². The minimum atomic E-state index is -3.80. The highest BCUT2D eigenvalue weighted by Gasteiger charge is 2.17. The first-order chi connectivity index (χ1) is 9.51. The van der Waals surface area contributed by atoms with Crippen molar-refractivity contribution in [3.63, 3.8) is 0 Å². The van der Waals surface area contributed by atoms with Gasteiger partial charge in [-0.15, -0.1) is 0 Å². The van der Waals surface area contributed by atoms with Crippen LogP contribution in [0.3, 0.4) is 0 Å². The van der Waals surface area contributed by atoms with Gasteiger partial charge in [0.1, 0.15) is 0 Å². The van der Waals surface area contributed by atoms with E-state index in [0.717, 1.165) is 0 Å². The first-order valence-electron chi connectivity index (χ1n) is 5.86. The van der Waals surface area contributed by atoms with Crippen LogP contribution in [0.1, 0.15) is 24.9 Å². The molecule has 10 heteroatoms. The van der Waals surface area contributed by atoms with Gasteiger partial charge in [0.25, 0.3) is 0 Å². The van der Waals surface area contributed by atoms with E-state index in [2.05, 4.69) is 4.72 Å². The van der Waals surface area contributed by atoms with Crippen molar-refractivity contribution in [3.05, 3.63) is 29.8 Å². The van der Waals surface area contributed by atoms with Crippen LogP contribution >= 0.6 is 0 Å². The second kappa shape index (κ2) is 6.52. The summed E-state index contributed by atoms with van der Waals surface area (Å²) in [5, 5.41) is 13.4. The van der Waals surface area contributed by atoms with Crippen LogP contribution in [0.2, 0.25) is 0 Å². The lowest BCUT2D eigenvalue weighted by molar-refractivity contribution is -0.136. The van der Waals surface area contributed by atoms with Crippen molar-refractivity contribution in [1.82, 2.24) is 4.72 Å². The SMILES string of the molecule is CC(NS(=O)(=O)CCC(=O)O)c1ccc(S(N)(=O)=O)cc1. The van der Waals surface area contributed by atoms with Gasteiger partial charge in [-0.3, -0.25) is 4.79 Å². The maximum atomic E-state index is 11.7. The molecule has 1 unspecified atom stereocenters. The molecule has 8 nitrogen and oxygen atoms in total. The number of nitrogens with two attached hydrogens (primary N) is 1. The van der Waals surface area contributed by atoms with Crippen LogP contribution in [0.25, 0.3) is 0 Å². The van der Waals surface area contributed by atoms with Gasteiger partial charge in [0, 0.05) is 6.04 Å². The molecule has 0 amide bonds. The van der Waals surface area contributed by atoms with Gasteiger partial charge in [0.2, 0.25) is 20.0 Å². The molecular weight excluding hydrogens is 320 g/mol. The van der Waals surface area contributed by atoms with E-state index in [1.807, 2.05) is 0 Å². The molecule has 0 aromatic heterocycles. The predicted molar refractivity (Wildman–Crippen MR) is 75.4 cm³/mol. The number of carboxylic acids is 1. The molecule has 4 N–H and O–H groups in total. The molecule has 0 spiro atoms. The lowest BCUT2D eigenvalue weighted by Crippen LogP contribution is -2.30. The van der Waals surface area contributed by atoms with Crippen molar-refractivity contribution in [2.24, 2.45) is 5.14 Å². The Labute approximate surface area is 123 Å². The van der Waals surface area contributed by atoms with Crippen molar-refractivity contribution in [2.75, 3.05) is 5.75 Å². The highest BCUT2D eigenvalue weighted by atomic mass is 32.2. The van der Waals surface area contributed by atoms with Gasteiger partial charge in [0.15, 0.2) is 0 Å². The van der Waals surface area contributed by atoms with Crippen LogP contribution < -0.4 is 9.86 Å². The second-order valence-electron chi connectivity index (χ2n) is 4.42. The molecule has 1 rings (SSSR count). The molecule has 1 aromatic carbocycles. The minimum absolute atomic E-state index is 0.0767. The molecule has 118 valence electrons. The van der Waals surface area contributed by atoms with Crippen LogP contribution in [0.15, 0.2) is 29.2 Å². The van der Waals surface area contributed by atoms with Crippen LogP contribution in [-0.2, 0) is 24.8 Å². The number of rotatable bonds is 7. The fourth-order valence-electron chi connectivity index (χ4n) is 1.56. The number of hydrogen-bond acceptors (Lipinski definition) is 5. The van der Waals surface area contributed by atoms with Crippen LogP contribution in [0.4, 0.5) is 0 Å². The molecule has 0 heterocycles. The Hall–Kier alpha value is -1.49. The Bertz CT molecular complexity index is 710. The summed E-state index contributed by atoms with van der Waals surface area (Å²) in [5.41, 5.74) is 0.529. The number of carbonyl (C=O) groups is 1. The summed E-state index contributed by atoms with van der Waals surface area (Å²) in [6.45, 7) is 1.56. The number of primary sulfonamides is 1. The van der Waals surface area contributed by atoms with Gasteiger partial charge in [0.05, 0.1) is 17.1 Å². The van der Waals surface area contributed by atoms with Crippen molar-refractivity contribution in [3.8, 4) is 0 Å². The molecule has 1 atom stereocenters. The smallest absolute Gasteiger partial charge is 0.304 e. The third-order valence-corrected chi connectivity index (χ3v) is 5.03. The maximum absolute atomic E-state index is 11.7. The summed E-state index contributed by atoms with van der Waals surface area (Å²) in [5.74, 6) is -1.73. The zero-order chi connectivity index (χ0) is 16.3. The molecule has 0 saturated carbocycles. The maximum Gasteiger partial charge on any atom is 0.304 e. The van der Waals surface area contributed by atoms with E-state index in [0.29, 0.717) is 5.56 Å². The fourth-order valence-corrected chi connectivity index (χ4v) is 3.32. The molecule has 0 bridgehead atoms. The summed E-state index contributed by atoms with van der Waals surface area (Å²) >= 11 is 0. The summed E-state index contributed by atoms with van der Waals surface area (Å²) in [6, 6.07) is 4.78. The van der Waals surface area contributed by atoms with Crippen molar-refractivity contribution in [1.29, 1.82) is 0 Å². The molecule has 0 aliphatic heterocycles. The van der Waals surface area contributed by atoms with Crippen LogP contribution in [0, 0.1) is 0 Å². The number of nitrogens with one attached hydrogen (secondary N) is 1. The third kappa shape index (κ3) is 5.79. The van der Waals surface area contributed by atoms with Crippen molar-refractivity contribution >= 4 is 26.0 Å². The van der Waals surface area contributed by atoms with Crippen molar-refractivity contribution in [2.45, 2.75) is 24.3 Å². The average molecular weight is 336 g/mol. The first kappa shape index (κ1) is 17.6. The molecular formula is C11H16N2O6S2. The monoisotopic (exact) mass is 336 g/mol. The molecule has 0 aliphatic carbocycles. The Kier molecular flexibility index (Phi) is 5.45. The molecule has 0 fully saturated rings. The molecule has 1 aromatic rings. The quantitative estimate of drug-likeness (QED) is 0.628. The number of aliphatic carboxylic acids is 1. The summed E-state index contributed by atoms with van der Waals surface area (Å²) in [7, 11) is -7.54. The fraction of sp³-hybridized carbons (Fsp3) is 0.364. The molecule has 21 heavy (non-hydrogen) atoms.